The second kappa shape index (κ2) is 11.0. The van der Waals surface area contributed by atoms with Crippen LogP contribution in [0.5, 0.6) is 0 Å². The lowest BCUT2D eigenvalue weighted by atomic mass is 9.83. The Bertz CT molecular complexity index is 858. The number of carbonyl (C=O) groups is 1. The zero-order valence-corrected chi connectivity index (χ0v) is 19.3. The van der Waals surface area contributed by atoms with Crippen LogP contribution in [0.1, 0.15) is 13.3 Å². The van der Waals surface area contributed by atoms with E-state index in [-0.39, 0.29) is 5.57 Å². The molecule has 36 heavy (non-hydrogen) atoms. The molecular formula is C22H32O14. The minimum atomic E-state index is -1.77. The van der Waals surface area contributed by atoms with E-state index < -0.39 is 98.7 Å². The Morgan fingerprint density at radius 2 is 1.42 bits per heavy atom. The zero-order chi connectivity index (χ0) is 26.3. The van der Waals surface area contributed by atoms with Gasteiger partial charge in [-0.05, 0) is 13.3 Å². The van der Waals surface area contributed by atoms with E-state index in [2.05, 4.69) is 0 Å². The molecule has 0 saturated carbocycles. The van der Waals surface area contributed by atoms with E-state index in [9.17, 15) is 45.6 Å². The molecule has 0 radical (unpaired) electrons. The van der Waals surface area contributed by atoms with Crippen LogP contribution < -0.4 is 0 Å². The van der Waals surface area contributed by atoms with Crippen LogP contribution in [0.4, 0.5) is 0 Å². The number of fused-ring (bicyclic) bond motifs is 1. The van der Waals surface area contributed by atoms with Crippen molar-refractivity contribution in [3.8, 4) is 0 Å². The summed E-state index contributed by atoms with van der Waals surface area (Å²) in [6.45, 7) is 0.467. The third kappa shape index (κ3) is 4.91. The fourth-order valence-electron chi connectivity index (χ4n) is 4.92. The number of ether oxygens (including phenoxy) is 5. The topological polar surface area (TPSA) is 225 Å². The number of hydrogen-bond donors (Lipinski definition) is 8. The van der Waals surface area contributed by atoms with E-state index >= 15 is 0 Å². The maximum Gasteiger partial charge on any atom is 0.339 e. The fraction of sp³-hybridized carbons (Fsp3) is 0.773. The van der Waals surface area contributed by atoms with Crippen LogP contribution in [0.2, 0.25) is 0 Å². The SMILES string of the molecule is CC1=CC[C@@H]2C(C(=O)O[C@@H]3O[C@H](CO)[C@@H](O)[C@H](O)[C@H]3O)=CO[C@@H](O[C@@H]3O[C@H](CO)[C@@H](O)[C@H](O)[C@H]3O)[C@H]12. The lowest BCUT2D eigenvalue weighted by Crippen LogP contribution is -2.60. The smallest absolute Gasteiger partial charge is 0.339 e. The van der Waals surface area contributed by atoms with Crippen LogP contribution in [-0.2, 0) is 28.5 Å². The average Bonchev–Trinajstić information content (AvgIpc) is 3.26. The molecule has 2 fully saturated rings. The molecule has 3 heterocycles. The molecule has 2 saturated heterocycles. The summed E-state index contributed by atoms with van der Waals surface area (Å²) in [6.07, 6.45) is -13.2. The molecule has 1 aliphatic carbocycles. The Labute approximate surface area is 205 Å². The molecule has 8 N–H and O–H groups in total. The van der Waals surface area contributed by atoms with Crippen LogP contribution in [0.25, 0.3) is 0 Å². The Hall–Kier alpha value is -1.69. The van der Waals surface area contributed by atoms with Crippen LogP contribution in [0, 0.1) is 11.8 Å². The van der Waals surface area contributed by atoms with Crippen molar-refractivity contribution in [2.75, 3.05) is 13.2 Å². The number of allylic oxidation sites excluding steroid dienone is 1. The molecule has 14 heteroatoms. The highest BCUT2D eigenvalue weighted by Crippen LogP contribution is 2.44. The van der Waals surface area contributed by atoms with Crippen LogP contribution >= 0.6 is 0 Å². The van der Waals surface area contributed by atoms with Crippen molar-refractivity contribution in [1.82, 2.24) is 0 Å². The standard InChI is InChI=1S/C22H32O14/c1-7-2-3-8-9(19(31)35-21-17(29)15(27)13(25)10(4-23)33-21)6-32-20(12(7)8)36-22-18(30)16(28)14(26)11(5-24)34-22/h2,6,8,10-18,20-30H,3-5H2,1H3/t8-,10-,11-,12-,13-,14-,15+,16+,17-,18-,20+,21+,22+/m1/s1. The number of carbonyl (C=O) groups excluding carboxylic acids is 1. The molecule has 0 aromatic rings. The van der Waals surface area contributed by atoms with Gasteiger partial charge in [0.1, 0.15) is 48.8 Å². The van der Waals surface area contributed by atoms with Crippen molar-refractivity contribution in [3.05, 3.63) is 23.5 Å². The van der Waals surface area contributed by atoms with Gasteiger partial charge in [-0.15, -0.1) is 0 Å². The Balaban J connectivity index is 1.47. The molecule has 0 amide bonds. The van der Waals surface area contributed by atoms with Gasteiger partial charge in [0.15, 0.2) is 6.29 Å². The van der Waals surface area contributed by atoms with E-state index in [1.807, 2.05) is 6.08 Å². The highest BCUT2D eigenvalue weighted by molar-refractivity contribution is 5.89. The van der Waals surface area contributed by atoms with Gasteiger partial charge < -0.3 is 64.5 Å². The van der Waals surface area contributed by atoms with Crippen molar-refractivity contribution in [2.45, 2.75) is 81.0 Å². The first-order chi connectivity index (χ1) is 17.1. The normalized spacial score (nSPS) is 46.9. The number of esters is 1. The minimum absolute atomic E-state index is 0.0683. The van der Waals surface area contributed by atoms with Gasteiger partial charge in [-0.2, -0.15) is 0 Å². The Kier molecular flexibility index (Phi) is 8.33. The van der Waals surface area contributed by atoms with E-state index in [0.29, 0.717) is 6.42 Å². The lowest BCUT2D eigenvalue weighted by molar-refractivity contribution is -0.339. The molecule has 0 bridgehead atoms. The monoisotopic (exact) mass is 520 g/mol. The predicted molar refractivity (Wildman–Crippen MR) is 113 cm³/mol. The summed E-state index contributed by atoms with van der Waals surface area (Å²) in [4.78, 5) is 13.0. The van der Waals surface area contributed by atoms with Crippen LogP contribution in [0.15, 0.2) is 23.5 Å². The van der Waals surface area contributed by atoms with E-state index in [1.54, 1.807) is 6.92 Å². The third-order valence-corrected chi connectivity index (χ3v) is 7.10. The van der Waals surface area contributed by atoms with Gasteiger partial charge in [0.25, 0.3) is 0 Å². The summed E-state index contributed by atoms with van der Waals surface area (Å²) in [5, 5.41) is 79.0. The molecule has 4 aliphatic rings. The fourth-order valence-corrected chi connectivity index (χ4v) is 4.92. The van der Waals surface area contributed by atoms with Gasteiger partial charge in [-0.1, -0.05) is 11.6 Å². The van der Waals surface area contributed by atoms with Crippen molar-refractivity contribution in [1.29, 1.82) is 0 Å². The molecule has 0 unspecified atom stereocenters. The number of aliphatic hydroxyl groups excluding tert-OH is 8. The molecular weight excluding hydrogens is 488 g/mol. The van der Waals surface area contributed by atoms with Crippen molar-refractivity contribution in [2.24, 2.45) is 11.8 Å². The molecule has 0 aromatic carbocycles. The molecule has 0 spiro atoms. The molecule has 14 nitrogen and oxygen atoms in total. The largest absolute Gasteiger partial charge is 0.471 e. The third-order valence-electron chi connectivity index (χ3n) is 7.10. The molecule has 4 rings (SSSR count). The maximum atomic E-state index is 13.0. The molecule has 13 atom stereocenters. The summed E-state index contributed by atoms with van der Waals surface area (Å²) in [6, 6.07) is 0. The predicted octanol–water partition coefficient (Wildman–Crippen LogP) is -4.03. The first-order valence-corrected chi connectivity index (χ1v) is 11.6. The van der Waals surface area contributed by atoms with Gasteiger partial charge >= 0.3 is 5.97 Å². The second-order valence-electron chi connectivity index (χ2n) is 9.33. The molecule has 3 aliphatic heterocycles. The summed E-state index contributed by atoms with van der Waals surface area (Å²) < 4.78 is 27.2. The highest BCUT2D eigenvalue weighted by Gasteiger charge is 2.50. The summed E-state index contributed by atoms with van der Waals surface area (Å²) in [5.41, 5.74) is 0.861. The second-order valence-corrected chi connectivity index (χ2v) is 9.33. The summed E-state index contributed by atoms with van der Waals surface area (Å²) >= 11 is 0. The van der Waals surface area contributed by atoms with Gasteiger partial charge in [0, 0.05) is 11.8 Å². The Morgan fingerprint density at radius 3 is 2.00 bits per heavy atom. The van der Waals surface area contributed by atoms with Gasteiger partial charge in [0.05, 0.1) is 25.0 Å². The zero-order valence-electron chi connectivity index (χ0n) is 19.3. The van der Waals surface area contributed by atoms with Crippen LogP contribution in [-0.4, -0.2) is 128 Å². The first kappa shape index (κ1) is 27.3. The molecule has 0 aromatic heterocycles. The minimum Gasteiger partial charge on any atom is -0.471 e. The lowest BCUT2D eigenvalue weighted by Gasteiger charge is -2.43. The first-order valence-electron chi connectivity index (χ1n) is 11.6. The van der Waals surface area contributed by atoms with Gasteiger partial charge in [0.2, 0.25) is 12.6 Å². The number of aliphatic hydroxyl groups is 8. The summed E-state index contributed by atoms with van der Waals surface area (Å²) in [7, 11) is 0. The van der Waals surface area contributed by atoms with Crippen molar-refractivity contribution < 1.29 is 69.3 Å². The molecule has 204 valence electrons. The van der Waals surface area contributed by atoms with Gasteiger partial charge in [-0.3, -0.25) is 0 Å². The number of rotatable bonds is 6. The van der Waals surface area contributed by atoms with E-state index in [4.69, 9.17) is 23.7 Å². The van der Waals surface area contributed by atoms with Crippen molar-refractivity contribution >= 4 is 5.97 Å². The maximum absolute atomic E-state index is 13.0. The highest BCUT2D eigenvalue weighted by atomic mass is 16.8. The Morgan fingerprint density at radius 1 is 0.861 bits per heavy atom. The average molecular weight is 520 g/mol. The van der Waals surface area contributed by atoms with E-state index in [1.165, 1.54) is 0 Å². The van der Waals surface area contributed by atoms with Crippen LogP contribution in [0.3, 0.4) is 0 Å². The number of hydrogen-bond acceptors (Lipinski definition) is 14. The van der Waals surface area contributed by atoms with Crippen molar-refractivity contribution in [3.63, 3.8) is 0 Å². The van der Waals surface area contributed by atoms with Gasteiger partial charge in [-0.25, -0.2) is 4.79 Å². The quantitative estimate of drug-likeness (QED) is 0.123. The van der Waals surface area contributed by atoms with E-state index in [0.717, 1.165) is 11.8 Å². The summed E-state index contributed by atoms with van der Waals surface area (Å²) in [5.74, 6) is -1.98.